The van der Waals surface area contributed by atoms with E-state index in [0.29, 0.717) is 17.8 Å². The van der Waals surface area contributed by atoms with Crippen LogP contribution in [0.4, 0.5) is 5.69 Å². The van der Waals surface area contributed by atoms with Crippen LogP contribution in [-0.2, 0) is 11.3 Å². The van der Waals surface area contributed by atoms with Crippen molar-refractivity contribution in [3.05, 3.63) is 60.7 Å². The molecule has 0 radical (unpaired) electrons. The molecule has 2 aromatic heterocycles. The van der Waals surface area contributed by atoms with Crippen LogP contribution in [0.2, 0.25) is 0 Å². The fourth-order valence-electron chi connectivity index (χ4n) is 3.10. The van der Waals surface area contributed by atoms with Gasteiger partial charge in [-0.1, -0.05) is 6.07 Å². The number of amides is 1. The highest BCUT2D eigenvalue weighted by atomic mass is 16.5. The molecule has 1 atom stereocenters. The van der Waals surface area contributed by atoms with Crippen molar-refractivity contribution in [2.75, 3.05) is 11.9 Å². The summed E-state index contributed by atoms with van der Waals surface area (Å²) in [5.41, 5.74) is 2.09. The van der Waals surface area contributed by atoms with Crippen LogP contribution < -0.4 is 5.32 Å². The molecule has 7 nitrogen and oxygen atoms in total. The van der Waals surface area contributed by atoms with Crippen molar-refractivity contribution in [2.24, 2.45) is 0 Å². The van der Waals surface area contributed by atoms with Gasteiger partial charge in [-0.2, -0.15) is 10.2 Å². The third kappa shape index (κ3) is 3.83. The molecule has 26 heavy (non-hydrogen) atoms. The van der Waals surface area contributed by atoms with Crippen molar-refractivity contribution < 1.29 is 9.53 Å². The average molecular weight is 351 g/mol. The van der Waals surface area contributed by atoms with Gasteiger partial charge in [-0.15, -0.1) is 0 Å². The number of nitrogens with one attached hydrogen (secondary N) is 1. The van der Waals surface area contributed by atoms with Gasteiger partial charge >= 0.3 is 0 Å². The second kappa shape index (κ2) is 7.53. The van der Waals surface area contributed by atoms with Crippen LogP contribution in [0.15, 0.2) is 55.1 Å². The van der Waals surface area contributed by atoms with Gasteiger partial charge in [0.25, 0.3) is 5.91 Å². The molecule has 1 aliphatic heterocycles. The molecule has 3 heterocycles. The predicted octanol–water partition coefficient (Wildman–Crippen LogP) is 2.89. The van der Waals surface area contributed by atoms with E-state index in [1.54, 1.807) is 23.1 Å². The Kier molecular flexibility index (Phi) is 4.79. The largest absolute Gasteiger partial charge is 0.376 e. The second-order valence-electron chi connectivity index (χ2n) is 6.39. The molecule has 7 heteroatoms. The van der Waals surface area contributed by atoms with Crippen molar-refractivity contribution >= 4 is 11.6 Å². The summed E-state index contributed by atoms with van der Waals surface area (Å²) in [4.78, 5) is 12.5. The third-order valence-electron chi connectivity index (χ3n) is 4.43. The van der Waals surface area contributed by atoms with E-state index in [-0.39, 0.29) is 12.0 Å². The fraction of sp³-hybridized carbons (Fsp3) is 0.316. The van der Waals surface area contributed by atoms with Crippen molar-refractivity contribution in [1.29, 1.82) is 0 Å². The van der Waals surface area contributed by atoms with Crippen molar-refractivity contribution in [2.45, 2.75) is 31.9 Å². The summed E-state index contributed by atoms with van der Waals surface area (Å²) >= 11 is 0. The van der Waals surface area contributed by atoms with Gasteiger partial charge < -0.3 is 10.1 Å². The number of hydrogen-bond donors (Lipinski definition) is 1. The minimum Gasteiger partial charge on any atom is -0.376 e. The summed E-state index contributed by atoms with van der Waals surface area (Å²) in [6, 6.07) is 9.18. The van der Waals surface area contributed by atoms with Crippen molar-refractivity contribution in [3.63, 3.8) is 0 Å². The predicted molar refractivity (Wildman–Crippen MR) is 97.3 cm³/mol. The summed E-state index contributed by atoms with van der Waals surface area (Å²) in [5.74, 6) is -0.174. The Labute approximate surface area is 151 Å². The molecule has 0 spiro atoms. The average Bonchev–Trinajstić information content (AvgIpc) is 3.35. The number of carbonyl (C=O) groups is 1. The Hall–Kier alpha value is -2.93. The molecule has 0 aliphatic carbocycles. The number of benzene rings is 1. The van der Waals surface area contributed by atoms with Gasteiger partial charge in [0.1, 0.15) is 0 Å². The Morgan fingerprint density at radius 2 is 2.23 bits per heavy atom. The monoisotopic (exact) mass is 351 g/mol. The Morgan fingerprint density at radius 1 is 1.27 bits per heavy atom. The Balaban J connectivity index is 1.41. The number of carbonyl (C=O) groups excluding carboxylic acids is 1. The van der Waals surface area contributed by atoms with E-state index in [1.165, 1.54) is 6.42 Å². The SMILES string of the molecule is O=C(Nc1cnn(C[C@H]2CCCCO2)c1)c1cccc(-n2cccn2)c1. The van der Waals surface area contributed by atoms with E-state index in [2.05, 4.69) is 15.5 Å². The first kappa shape index (κ1) is 16.5. The molecule has 0 saturated carbocycles. The van der Waals surface area contributed by atoms with Crippen LogP contribution >= 0.6 is 0 Å². The Bertz CT molecular complexity index is 866. The lowest BCUT2D eigenvalue weighted by Crippen LogP contribution is -2.24. The molecule has 0 unspecified atom stereocenters. The van der Waals surface area contributed by atoms with Crippen LogP contribution in [-0.4, -0.2) is 38.2 Å². The molecular weight excluding hydrogens is 330 g/mol. The number of nitrogens with zero attached hydrogens (tertiary/aromatic N) is 4. The van der Waals surface area contributed by atoms with E-state index in [0.717, 1.165) is 25.1 Å². The van der Waals surface area contributed by atoms with E-state index in [4.69, 9.17) is 4.74 Å². The van der Waals surface area contributed by atoms with Gasteiger partial charge in [0, 0.05) is 30.8 Å². The standard InChI is InChI=1S/C19H21N5O2/c25-19(15-5-3-6-17(11-15)24-9-4-8-20-24)22-16-12-21-23(13-16)14-18-7-1-2-10-26-18/h3-6,8-9,11-13,18H,1-2,7,10,14H2,(H,22,25)/t18-/m1/s1. The summed E-state index contributed by atoms with van der Waals surface area (Å²) < 4.78 is 9.28. The first-order valence-electron chi connectivity index (χ1n) is 8.83. The minimum absolute atomic E-state index is 0.174. The lowest BCUT2D eigenvalue weighted by atomic mass is 10.1. The highest BCUT2D eigenvalue weighted by molar-refractivity contribution is 6.04. The highest BCUT2D eigenvalue weighted by Gasteiger charge is 2.15. The zero-order valence-electron chi connectivity index (χ0n) is 14.4. The second-order valence-corrected chi connectivity index (χ2v) is 6.39. The summed E-state index contributed by atoms with van der Waals surface area (Å²) in [7, 11) is 0. The smallest absolute Gasteiger partial charge is 0.255 e. The van der Waals surface area contributed by atoms with Crippen molar-refractivity contribution in [1.82, 2.24) is 19.6 Å². The molecule has 4 rings (SSSR count). The maximum atomic E-state index is 12.5. The number of anilines is 1. The van der Waals surface area contributed by atoms with Gasteiger partial charge in [-0.05, 0) is 43.5 Å². The maximum Gasteiger partial charge on any atom is 0.255 e. The van der Waals surface area contributed by atoms with E-state index in [9.17, 15) is 4.79 Å². The minimum atomic E-state index is -0.174. The van der Waals surface area contributed by atoms with Gasteiger partial charge in [0.2, 0.25) is 0 Å². The quantitative estimate of drug-likeness (QED) is 0.767. The molecular formula is C19H21N5O2. The van der Waals surface area contributed by atoms with Crippen LogP contribution in [0.5, 0.6) is 0 Å². The van der Waals surface area contributed by atoms with E-state index < -0.39 is 0 Å². The summed E-state index contributed by atoms with van der Waals surface area (Å²) in [6.07, 6.45) is 10.6. The molecule has 134 valence electrons. The maximum absolute atomic E-state index is 12.5. The lowest BCUT2D eigenvalue weighted by Gasteiger charge is -2.22. The fourth-order valence-corrected chi connectivity index (χ4v) is 3.10. The van der Waals surface area contributed by atoms with Crippen LogP contribution in [0, 0.1) is 0 Å². The number of aromatic nitrogens is 4. The van der Waals surface area contributed by atoms with E-state index in [1.807, 2.05) is 41.3 Å². The lowest BCUT2D eigenvalue weighted by molar-refractivity contribution is 0.00401. The number of ether oxygens (including phenoxy) is 1. The Morgan fingerprint density at radius 3 is 3.04 bits per heavy atom. The van der Waals surface area contributed by atoms with Gasteiger partial charge in [0.05, 0.1) is 30.2 Å². The number of rotatable bonds is 5. The zero-order chi connectivity index (χ0) is 17.8. The molecule has 1 aromatic carbocycles. The van der Waals surface area contributed by atoms with Crippen LogP contribution in [0.3, 0.4) is 0 Å². The molecule has 3 aromatic rings. The molecule has 1 saturated heterocycles. The van der Waals surface area contributed by atoms with Gasteiger partial charge in [0.15, 0.2) is 0 Å². The van der Waals surface area contributed by atoms with E-state index >= 15 is 0 Å². The third-order valence-corrected chi connectivity index (χ3v) is 4.43. The zero-order valence-corrected chi connectivity index (χ0v) is 14.4. The highest BCUT2D eigenvalue weighted by Crippen LogP contribution is 2.16. The molecule has 1 N–H and O–H groups in total. The molecule has 1 aliphatic rings. The summed E-state index contributed by atoms with van der Waals surface area (Å²) in [6.45, 7) is 1.53. The topological polar surface area (TPSA) is 74.0 Å². The summed E-state index contributed by atoms with van der Waals surface area (Å²) in [5, 5.41) is 11.4. The van der Waals surface area contributed by atoms with Crippen molar-refractivity contribution in [3.8, 4) is 5.69 Å². The van der Waals surface area contributed by atoms with Crippen LogP contribution in [0.1, 0.15) is 29.6 Å². The van der Waals surface area contributed by atoms with Crippen LogP contribution in [0.25, 0.3) is 5.69 Å². The normalized spacial score (nSPS) is 17.2. The molecule has 0 bridgehead atoms. The van der Waals surface area contributed by atoms with Gasteiger partial charge in [-0.3, -0.25) is 9.48 Å². The first-order chi connectivity index (χ1) is 12.8. The number of hydrogen-bond acceptors (Lipinski definition) is 4. The molecule has 1 amide bonds. The van der Waals surface area contributed by atoms with Gasteiger partial charge in [-0.25, -0.2) is 4.68 Å². The first-order valence-corrected chi connectivity index (χ1v) is 8.83. The molecule has 1 fully saturated rings.